The van der Waals surface area contributed by atoms with Gasteiger partial charge in [-0.25, -0.2) is 0 Å². The molecule has 3 rings (SSSR count). The Balaban J connectivity index is 1.42. The van der Waals surface area contributed by atoms with Crippen molar-refractivity contribution in [1.29, 1.82) is 0 Å². The van der Waals surface area contributed by atoms with Crippen LogP contribution in [0.4, 0.5) is 0 Å². The van der Waals surface area contributed by atoms with Gasteiger partial charge in [-0.15, -0.1) is 0 Å². The molecule has 0 aliphatic carbocycles. The zero-order valence-electron chi connectivity index (χ0n) is 19.3. The quantitative estimate of drug-likeness (QED) is 0.683. The average molecular weight is 441 g/mol. The molecule has 7 nitrogen and oxygen atoms in total. The van der Waals surface area contributed by atoms with E-state index in [1.807, 2.05) is 44.2 Å². The molecule has 0 atom stereocenters. The monoisotopic (exact) mass is 440 g/mol. The second-order valence-corrected chi connectivity index (χ2v) is 8.12. The Bertz CT molecular complexity index is 951. The molecule has 2 amide bonds. The molecule has 32 heavy (non-hydrogen) atoms. The Kier molecular flexibility index (Phi) is 7.98. The predicted molar refractivity (Wildman–Crippen MR) is 122 cm³/mol. The van der Waals surface area contributed by atoms with Crippen LogP contribution in [0.5, 0.6) is 17.2 Å². The number of rotatable bonds is 8. The van der Waals surface area contributed by atoms with Crippen LogP contribution < -0.4 is 19.5 Å². The molecule has 1 aliphatic heterocycles. The number of nitrogens with one attached hydrogen (secondary N) is 1. The molecule has 1 saturated heterocycles. The number of ether oxygens (including phenoxy) is 3. The molecule has 0 saturated carbocycles. The maximum Gasteiger partial charge on any atom is 0.260 e. The first-order valence-electron chi connectivity index (χ1n) is 10.9. The molecule has 172 valence electrons. The number of aryl methyl sites for hydroxylation is 2. The molecule has 0 bridgehead atoms. The van der Waals surface area contributed by atoms with Crippen LogP contribution in [-0.2, 0) is 16.0 Å². The fourth-order valence-corrected chi connectivity index (χ4v) is 3.77. The van der Waals surface area contributed by atoms with Crippen LogP contribution in [0.2, 0.25) is 0 Å². The van der Waals surface area contributed by atoms with Crippen LogP contribution in [0.15, 0.2) is 36.4 Å². The largest absolute Gasteiger partial charge is 0.493 e. The normalized spacial score (nSPS) is 14.1. The fourth-order valence-electron chi connectivity index (χ4n) is 3.77. The summed E-state index contributed by atoms with van der Waals surface area (Å²) in [7, 11) is 3.15. The smallest absolute Gasteiger partial charge is 0.260 e. The zero-order chi connectivity index (χ0) is 23.1. The molecule has 1 heterocycles. The van der Waals surface area contributed by atoms with Crippen LogP contribution >= 0.6 is 0 Å². The highest BCUT2D eigenvalue weighted by atomic mass is 16.5. The maximum atomic E-state index is 12.5. The minimum absolute atomic E-state index is 0.0266. The first kappa shape index (κ1) is 23.4. The topological polar surface area (TPSA) is 77.1 Å². The van der Waals surface area contributed by atoms with Crippen molar-refractivity contribution in [3.63, 3.8) is 0 Å². The molecule has 1 aliphatic rings. The van der Waals surface area contributed by atoms with Crippen LogP contribution in [0.3, 0.4) is 0 Å². The van der Waals surface area contributed by atoms with Gasteiger partial charge in [0, 0.05) is 19.1 Å². The summed E-state index contributed by atoms with van der Waals surface area (Å²) in [5.41, 5.74) is 3.19. The van der Waals surface area contributed by atoms with Crippen molar-refractivity contribution in [2.24, 2.45) is 0 Å². The van der Waals surface area contributed by atoms with E-state index in [1.165, 1.54) is 5.56 Å². The third-order valence-corrected chi connectivity index (χ3v) is 5.87. The van der Waals surface area contributed by atoms with Crippen molar-refractivity contribution >= 4 is 11.8 Å². The first-order chi connectivity index (χ1) is 15.4. The van der Waals surface area contributed by atoms with Gasteiger partial charge in [0.25, 0.3) is 5.91 Å². The molecule has 2 aromatic rings. The van der Waals surface area contributed by atoms with Crippen molar-refractivity contribution < 1.29 is 23.8 Å². The maximum absolute atomic E-state index is 12.5. The molecule has 1 N–H and O–H groups in total. The van der Waals surface area contributed by atoms with E-state index in [-0.39, 0.29) is 30.9 Å². The van der Waals surface area contributed by atoms with Crippen molar-refractivity contribution in [3.8, 4) is 17.2 Å². The third kappa shape index (κ3) is 6.15. The Morgan fingerprint density at radius 1 is 0.969 bits per heavy atom. The standard InChI is InChI=1S/C25H32N2O5/c1-17-5-7-21(13-18(17)2)32-16-25(29)27-11-9-20(10-12-27)26-24(28)15-19-6-8-22(30-3)23(14-19)31-4/h5-8,13-14,20H,9-12,15-16H2,1-4H3,(H,26,28). The van der Waals surface area contributed by atoms with E-state index in [0.29, 0.717) is 30.3 Å². The molecule has 0 radical (unpaired) electrons. The Hall–Kier alpha value is -3.22. The predicted octanol–water partition coefficient (Wildman–Crippen LogP) is 3.05. The van der Waals surface area contributed by atoms with E-state index in [4.69, 9.17) is 14.2 Å². The lowest BCUT2D eigenvalue weighted by atomic mass is 10.0. The molecule has 0 aromatic heterocycles. The van der Waals surface area contributed by atoms with Gasteiger partial charge < -0.3 is 24.4 Å². The minimum atomic E-state index is -0.0416. The zero-order valence-corrected chi connectivity index (χ0v) is 19.3. The van der Waals surface area contributed by atoms with Crippen LogP contribution in [0, 0.1) is 13.8 Å². The van der Waals surface area contributed by atoms with Crippen LogP contribution in [-0.4, -0.2) is 56.7 Å². The van der Waals surface area contributed by atoms with E-state index in [9.17, 15) is 9.59 Å². The second kappa shape index (κ2) is 10.9. The van der Waals surface area contributed by atoms with Crippen LogP contribution in [0.1, 0.15) is 29.5 Å². The van der Waals surface area contributed by atoms with Crippen molar-refractivity contribution in [3.05, 3.63) is 53.1 Å². The molecule has 7 heteroatoms. The number of amides is 2. The fraction of sp³-hybridized carbons (Fsp3) is 0.440. The minimum Gasteiger partial charge on any atom is -0.493 e. The molecule has 0 spiro atoms. The molecule has 2 aromatic carbocycles. The number of hydrogen-bond donors (Lipinski definition) is 1. The highest BCUT2D eigenvalue weighted by molar-refractivity contribution is 5.79. The van der Waals surface area contributed by atoms with Gasteiger partial charge >= 0.3 is 0 Å². The summed E-state index contributed by atoms with van der Waals surface area (Å²) in [6.45, 7) is 5.31. The van der Waals surface area contributed by atoms with Crippen molar-refractivity contribution in [1.82, 2.24) is 10.2 Å². The molecule has 0 unspecified atom stereocenters. The first-order valence-corrected chi connectivity index (χ1v) is 10.9. The van der Waals surface area contributed by atoms with Gasteiger partial charge in [0.2, 0.25) is 5.91 Å². The van der Waals surface area contributed by atoms with Crippen molar-refractivity contribution in [2.75, 3.05) is 33.9 Å². The van der Waals surface area contributed by atoms with E-state index in [2.05, 4.69) is 5.32 Å². The lowest BCUT2D eigenvalue weighted by Gasteiger charge is -2.32. The number of nitrogens with zero attached hydrogens (tertiary/aromatic N) is 1. The Labute approximate surface area is 189 Å². The highest BCUT2D eigenvalue weighted by Crippen LogP contribution is 2.27. The van der Waals surface area contributed by atoms with Gasteiger partial charge in [-0.05, 0) is 67.6 Å². The third-order valence-electron chi connectivity index (χ3n) is 5.87. The lowest BCUT2D eigenvalue weighted by Crippen LogP contribution is -2.48. The number of likely N-dealkylation sites (tertiary alicyclic amines) is 1. The van der Waals surface area contributed by atoms with Crippen LogP contribution in [0.25, 0.3) is 0 Å². The van der Waals surface area contributed by atoms with Gasteiger partial charge in [-0.2, -0.15) is 0 Å². The van der Waals surface area contributed by atoms with Crippen molar-refractivity contribution in [2.45, 2.75) is 39.2 Å². The number of hydrogen-bond acceptors (Lipinski definition) is 5. The van der Waals surface area contributed by atoms with E-state index in [0.717, 1.165) is 24.0 Å². The summed E-state index contributed by atoms with van der Waals surface area (Å²) in [4.78, 5) is 26.8. The molecule has 1 fully saturated rings. The van der Waals surface area contributed by atoms with Gasteiger partial charge in [-0.3, -0.25) is 9.59 Å². The summed E-state index contributed by atoms with van der Waals surface area (Å²) < 4.78 is 16.2. The van der Waals surface area contributed by atoms with E-state index < -0.39 is 0 Å². The van der Waals surface area contributed by atoms with E-state index >= 15 is 0 Å². The molecular weight excluding hydrogens is 408 g/mol. The summed E-state index contributed by atoms with van der Waals surface area (Å²) in [5.74, 6) is 1.87. The molecular formula is C25H32N2O5. The SMILES string of the molecule is COc1ccc(CC(=O)NC2CCN(C(=O)COc3ccc(C)c(C)c3)CC2)cc1OC. The van der Waals surface area contributed by atoms with Gasteiger partial charge in [0.15, 0.2) is 18.1 Å². The number of benzene rings is 2. The number of piperidine rings is 1. The number of carbonyl (C=O) groups is 2. The number of carbonyl (C=O) groups excluding carboxylic acids is 2. The van der Waals surface area contributed by atoms with Gasteiger partial charge in [0.05, 0.1) is 20.6 Å². The Morgan fingerprint density at radius 2 is 1.69 bits per heavy atom. The highest BCUT2D eigenvalue weighted by Gasteiger charge is 2.24. The lowest BCUT2D eigenvalue weighted by molar-refractivity contribution is -0.134. The van der Waals surface area contributed by atoms with Gasteiger partial charge in [0.1, 0.15) is 5.75 Å². The summed E-state index contributed by atoms with van der Waals surface area (Å²) in [6, 6.07) is 11.4. The number of methoxy groups -OCH3 is 2. The summed E-state index contributed by atoms with van der Waals surface area (Å²) in [5, 5.41) is 3.08. The van der Waals surface area contributed by atoms with Gasteiger partial charge in [-0.1, -0.05) is 12.1 Å². The average Bonchev–Trinajstić information content (AvgIpc) is 2.80. The van der Waals surface area contributed by atoms with E-state index in [1.54, 1.807) is 25.2 Å². The summed E-state index contributed by atoms with van der Waals surface area (Å²) >= 11 is 0. The Morgan fingerprint density at radius 3 is 2.34 bits per heavy atom. The summed E-state index contributed by atoms with van der Waals surface area (Å²) in [6.07, 6.45) is 1.73. The second-order valence-electron chi connectivity index (χ2n) is 8.12.